The number of carbonyl (C=O) groups excluding carboxylic acids is 1. The third-order valence-electron chi connectivity index (χ3n) is 4.43. The quantitative estimate of drug-likeness (QED) is 0.876. The largest absolute Gasteiger partial charge is 0.496 e. The number of aryl methyl sites for hydroxylation is 1. The van der Waals surface area contributed by atoms with E-state index in [9.17, 15) is 13.2 Å². The second-order valence-corrected chi connectivity index (χ2v) is 8.42. The van der Waals surface area contributed by atoms with E-state index in [1.54, 1.807) is 7.11 Å². The number of methoxy groups -OCH3 is 1. The molecule has 0 bridgehead atoms. The summed E-state index contributed by atoms with van der Waals surface area (Å²) >= 11 is 0. The first-order chi connectivity index (χ1) is 11.2. The molecular weight excluding hydrogens is 328 g/mol. The summed E-state index contributed by atoms with van der Waals surface area (Å²) in [5, 5.41) is 3.00. The maximum atomic E-state index is 12.6. The SMILES string of the molecule is COc1ccc(C)cc1C(C)NC(=O)C1CCCN(S(C)(=O)=O)C1. The van der Waals surface area contributed by atoms with Crippen molar-refractivity contribution < 1.29 is 17.9 Å². The molecule has 1 fully saturated rings. The Bertz CT molecular complexity index is 703. The Kier molecular flexibility index (Phi) is 5.87. The molecule has 1 aliphatic heterocycles. The van der Waals surface area contributed by atoms with Crippen molar-refractivity contribution in [2.24, 2.45) is 5.92 Å². The van der Waals surface area contributed by atoms with E-state index >= 15 is 0 Å². The van der Waals surface area contributed by atoms with Crippen LogP contribution in [0.3, 0.4) is 0 Å². The predicted molar refractivity (Wildman–Crippen MR) is 93.4 cm³/mol. The lowest BCUT2D eigenvalue weighted by Crippen LogP contribution is -2.45. The Morgan fingerprint density at radius 2 is 2.12 bits per heavy atom. The minimum atomic E-state index is -3.26. The molecule has 2 unspecified atom stereocenters. The molecule has 2 rings (SSSR count). The highest BCUT2D eigenvalue weighted by atomic mass is 32.2. The fourth-order valence-corrected chi connectivity index (χ4v) is 3.97. The molecule has 1 N–H and O–H groups in total. The van der Waals surface area contributed by atoms with Gasteiger partial charge in [-0.1, -0.05) is 17.7 Å². The molecule has 1 aromatic rings. The molecule has 1 aliphatic rings. The maximum absolute atomic E-state index is 12.6. The molecule has 0 spiro atoms. The highest BCUT2D eigenvalue weighted by Crippen LogP contribution is 2.27. The van der Waals surface area contributed by atoms with Crippen LogP contribution < -0.4 is 10.1 Å². The van der Waals surface area contributed by atoms with Gasteiger partial charge in [0.15, 0.2) is 0 Å². The minimum Gasteiger partial charge on any atom is -0.496 e. The zero-order valence-electron chi connectivity index (χ0n) is 14.7. The van der Waals surface area contributed by atoms with Crippen LogP contribution in [0.25, 0.3) is 0 Å². The smallest absolute Gasteiger partial charge is 0.224 e. The molecule has 0 saturated carbocycles. The molecule has 1 saturated heterocycles. The topological polar surface area (TPSA) is 75.7 Å². The lowest BCUT2D eigenvalue weighted by molar-refractivity contribution is -0.126. The standard InChI is InChI=1S/C17H26N2O4S/c1-12-7-8-16(23-3)15(10-12)13(2)18-17(20)14-6-5-9-19(11-14)24(4,21)22/h7-8,10,13-14H,5-6,9,11H2,1-4H3,(H,18,20). The van der Waals surface area contributed by atoms with Gasteiger partial charge in [0.1, 0.15) is 5.75 Å². The van der Waals surface area contributed by atoms with Gasteiger partial charge in [-0.15, -0.1) is 0 Å². The van der Waals surface area contributed by atoms with Crippen LogP contribution in [0.4, 0.5) is 0 Å². The van der Waals surface area contributed by atoms with Gasteiger partial charge in [0.2, 0.25) is 15.9 Å². The number of rotatable bonds is 5. The fraction of sp³-hybridized carbons (Fsp3) is 0.588. The van der Waals surface area contributed by atoms with E-state index in [1.165, 1.54) is 10.6 Å². The summed E-state index contributed by atoms with van der Waals surface area (Å²) in [5.74, 6) is 0.306. The number of benzene rings is 1. The Morgan fingerprint density at radius 1 is 1.42 bits per heavy atom. The van der Waals surface area contributed by atoms with Gasteiger partial charge in [0.05, 0.1) is 25.3 Å². The van der Waals surface area contributed by atoms with E-state index in [1.807, 2.05) is 32.0 Å². The van der Waals surface area contributed by atoms with Gasteiger partial charge < -0.3 is 10.1 Å². The molecule has 1 amide bonds. The monoisotopic (exact) mass is 354 g/mol. The summed E-state index contributed by atoms with van der Waals surface area (Å²) in [4.78, 5) is 12.6. The van der Waals surface area contributed by atoms with E-state index in [2.05, 4.69) is 5.32 Å². The molecular formula is C17H26N2O4S. The number of piperidine rings is 1. The summed E-state index contributed by atoms with van der Waals surface area (Å²) in [6.45, 7) is 4.64. The lowest BCUT2D eigenvalue weighted by Gasteiger charge is -2.31. The molecule has 24 heavy (non-hydrogen) atoms. The van der Waals surface area contributed by atoms with Crippen molar-refractivity contribution in [3.8, 4) is 5.75 Å². The molecule has 1 heterocycles. The van der Waals surface area contributed by atoms with Gasteiger partial charge >= 0.3 is 0 Å². The van der Waals surface area contributed by atoms with E-state index in [4.69, 9.17) is 4.74 Å². The van der Waals surface area contributed by atoms with Crippen LogP contribution in [-0.2, 0) is 14.8 Å². The summed E-state index contributed by atoms with van der Waals surface area (Å²) in [6, 6.07) is 5.63. The van der Waals surface area contributed by atoms with Gasteiger partial charge in [0.25, 0.3) is 0 Å². The van der Waals surface area contributed by atoms with Crippen molar-refractivity contribution in [2.45, 2.75) is 32.7 Å². The third-order valence-corrected chi connectivity index (χ3v) is 5.70. The van der Waals surface area contributed by atoms with Crippen LogP contribution in [0.15, 0.2) is 18.2 Å². The van der Waals surface area contributed by atoms with Gasteiger partial charge in [0, 0.05) is 18.7 Å². The molecule has 7 heteroatoms. The highest BCUT2D eigenvalue weighted by Gasteiger charge is 2.31. The average Bonchev–Trinajstić information content (AvgIpc) is 2.54. The minimum absolute atomic E-state index is 0.112. The molecule has 0 radical (unpaired) electrons. The fourth-order valence-electron chi connectivity index (χ4n) is 3.06. The third kappa shape index (κ3) is 4.48. The number of nitrogens with one attached hydrogen (secondary N) is 1. The summed E-state index contributed by atoms with van der Waals surface area (Å²) in [7, 11) is -1.65. The number of ether oxygens (including phenoxy) is 1. The average molecular weight is 354 g/mol. The Hall–Kier alpha value is -1.60. The van der Waals surface area contributed by atoms with Crippen LogP contribution in [0.2, 0.25) is 0 Å². The summed E-state index contributed by atoms with van der Waals surface area (Å²) < 4.78 is 30.2. The normalized spacial score (nSPS) is 20.4. The Morgan fingerprint density at radius 3 is 2.75 bits per heavy atom. The van der Waals surface area contributed by atoms with Crippen molar-refractivity contribution in [1.29, 1.82) is 0 Å². The first-order valence-electron chi connectivity index (χ1n) is 8.12. The highest BCUT2D eigenvalue weighted by molar-refractivity contribution is 7.88. The second kappa shape index (κ2) is 7.53. The number of sulfonamides is 1. The van der Waals surface area contributed by atoms with Gasteiger partial charge in [-0.3, -0.25) is 4.79 Å². The number of carbonyl (C=O) groups is 1. The first-order valence-corrected chi connectivity index (χ1v) is 9.97. The molecule has 0 aliphatic carbocycles. The molecule has 2 atom stereocenters. The van der Waals surface area contributed by atoms with Gasteiger partial charge in [-0.2, -0.15) is 0 Å². The summed E-state index contributed by atoms with van der Waals surface area (Å²) in [5.41, 5.74) is 2.01. The zero-order chi connectivity index (χ0) is 17.9. The summed E-state index contributed by atoms with van der Waals surface area (Å²) in [6.07, 6.45) is 2.59. The Balaban J connectivity index is 2.08. The molecule has 6 nitrogen and oxygen atoms in total. The van der Waals surface area contributed by atoms with E-state index in [0.717, 1.165) is 16.9 Å². The first kappa shape index (κ1) is 18.7. The number of amides is 1. The lowest BCUT2D eigenvalue weighted by atomic mass is 9.97. The number of hydrogen-bond donors (Lipinski definition) is 1. The van der Waals surface area contributed by atoms with E-state index in [-0.39, 0.29) is 24.4 Å². The van der Waals surface area contributed by atoms with Crippen molar-refractivity contribution in [3.05, 3.63) is 29.3 Å². The molecule has 0 aromatic heterocycles. The van der Waals surface area contributed by atoms with Crippen molar-refractivity contribution in [3.63, 3.8) is 0 Å². The number of nitrogens with zero attached hydrogens (tertiary/aromatic N) is 1. The van der Waals surface area contributed by atoms with E-state index < -0.39 is 10.0 Å². The second-order valence-electron chi connectivity index (χ2n) is 6.44. The Labute approximate surface area is 144 Å². The van der Waals surface area contributed by atoms with Crippen LogP contribution in [0.5, 0.6) is 5.75 Å². The molecule has 134 valence electrons. The molecule has 1 aromatic carbocycles. The predicted octanol–water partition coefficient (Wildman–Crippen LogP) is 1.85. The van der Waals surface area contributed by atoms with Crippen LogP contribution in [0, 0.1) is 12.8 Å². The van der Waals surface area contributed by atoms with Gasteiger partial charge in [-0.05, 0) is 32.8 Å². The van der Waals surface area contributed by atoms with Gasteiger partial charge in [-0.25, -0.2) is 12.7 Å². The maximum Gasteiger partial charge on any atom is 0.224 e. The zero-order valence-corrected chi connectivity index (χ0v) is 15.5. The van der Waals surface area contributed by atoms with Crippen LogP contribution >= 0.6 is 0 Å². The van der Waals surface area contributed by atoms with Crippen molar-refractivity contribution in [1.82, 2.24) is 9.62 Å². The van der Waals surface area contributed by atoms with Crippen LogP contribution in [0.1, 0.15) is 36.9 Å². The van der Waals surface area contributed by atoms with E-state index in [0.29, 0.717) is 19.4 Å². The van der Waals surface area contributed by atoms with Crippen molar-refractivity contribution in [2.75, 3.05) is 26.5 Å². The van der Waals surface area contributed by atoms with Crippen molar-refractivity contribution >= 4 is 15.9 Å². The van der Waals surface area contributed by atoms with Crippen LogP contribution in [-0.4, -0.2) is 45.1 Å². The number of hydrogen-bond acceptors (Lipinski definition) is 4.